The molecule has 0 saturated carbocycles. The van der Waals surface area contributed by atoms with Crippen molar-refractivity contribution in [2.45, 2.75) is 52.9 Å². The van der Waals surface area contributed by atoms with Crippen LogP contribution < -0.4 is 5.32 Å². The van der Waals surface area contributed by atoms with Gasteiger partial charge in [0.1, 0.15) is 11.5 Å². The molecule has 0 aromatic carbocycles. The van der Waals surface area contributed by atoms with E-state index in [1.807, 2.05) is 11.8 Å². The van der Waals surface area contributed by atoms with E-state index in [1.54, 1.807) is 0 Å². The summed E-state index contributed by atoms with van der Waals surface area (Å²) in [4.78, 5) is 2.38. The van der Waals surface area contributed by atoms with Gasteiger partial charge in [-0.1, -0.05) is 13.8 Å². The van der Waals surface area contributed by atoms with Gasteiger partial charge in [0.15, 0.2) is 0 Å². The van der Waals surface area contributed by atoms with Crippen LogP contribution in [0, 0.1) is 6.92 Å². The molecule has 1 unspecified atom stereocenters. The summed E-state index contributed by atoms with van der Waals surface area (Å²) in [5, 5.41) is 3.39. The van der Waals surface area contributed by atoms with E-state index in [1.165, 1.54) is 5.56 Å². The van der Waals surface area contributed by atoms with Crippen LogP contribution in [-0.4, -0.2) is 36.0 Å². The molecule has 0 bridgehead atoms. The molecule has 1 aromatic rings. The SMILES string of the molecule is CSCC(C)N(C)Cc1cc(CNC(C)C)oc1C. The summed E-state index contributed by atoms with van der Waals surface area (Å²) in [5.41, 5.74) is 1.30. The third-order valence-electron chi connectivity index (χ3n) is 3.34. The molecular formula is C15H28N2OS. The largest absolute Gasteiger partial charge is 0.465 e. The monoisotopic (exact) mass is 284 g/mol. The number of aryl methyl sites for hydroxylation is 1. The molecule has 0 fully saturated rings. The van der Waals surface area contributed by atoms with Crippen molar-refractivity contribution >= 4 is 11.8 Å². The van der Waals surface area contributed by atoms with Gasteiger partial charge in [-0.2, -0.15) is 11.8 Å². The van der Waals surface area contributed by atoms with Gasteiger partial charge in [-0.15, -0.1) is 0 Å². The molecule has 0 aliphatic heterocycles. The van der Waals surface area contributed by atoms with Crippen LogP contribution in [0.3, 0.4) is 0 Å². The average molecular weight is 284 g/mol. The zero-order valence-electron chi connectivity index (χ0n) is 13.1. The maximum absolute atomic E-state index is 5.81. The fourth-order valence-electron chi connectivity index (χ4n) is 1.93. The fraction of sp³-hybridized carbons (Fsp3) is 0.733. The van der Waals surface area contributed by atoms with E-state index in [0.29, 0.717) is 12.1 Å². The topological polar surface area (TPSA) is 28.4 Å². The molecule has 1 heterocycles. The summed E-state index contributed by atoms with van der Waals surface area (Å²) in [5.74, 6) is 3.24. The van der Waals surface area contributed by atoms with Crippen molar-refractivity contribution in [1.82, 2.24) is 10.2 Å². The highest BCUT2D eigenvalue weighted by atomic mass is 32.2. The zero-order valence-corrected chi connectivity index (χ0v) is 13.9. The quantitative estimate of drug-likeness (QED) is 0.793. The number of hydrogen-bond donors (Lipinski definition) is 1. The summed E-state index contributed by atoms with van der Waals surface area (Å²) in [6, 6.07) is 3.26. The zero-order chi connectivity index (χ0) is 14.4. The first kappa shape index (κ1) is 16.6. The lowest BCUT2D eigenvalue weighted by atomic mass is 10.2. The second-order valence-corrected chi connectivity index (χ2v) is 6.46. The summed E-state index contributed by atoms with van der Waals surface area (Å²) in [6.45, 7) is 10.4. The Balaban J connectivity index is 2.58. The molecule has 0 aliphatic rings. The van der Waals surface area contributed by atoms with Gasteiger partial charge >= 0.3 is 0 Å². The molecule has 1 rings (SSSR count). The van der Waals surface area contributed by atoms with Gasteiger partial charge in [-0.05, 0) is 33.2 Å². The van der Waals surface area contributed by atoms with Crippen molar-refractivity contribution < 1.29 is 4.42 Å². The highest BCUT2D eigenvalue weighted by Gasteiger charge is 2.13. The number of nitrogens with one attached hydrogen (secondary N) is 1. The predicted molar refractivity (Wildman–Crippen MR) is 84.7 cm³/mol. The Kier molecular flexibility index (Phi) is 6.97. The maximum atomic E-state index is 5.81. The number of rotatable bonds is 8. The Morgan fingerprint density at radius 2 is 2.05 bits per heavy atom. The third-order valence-corrected chi connectivity index (χ3v) is 4.15. The Bertz CT molecular complexity index is 376. The molecule has 4 heteroatoms. The predicted octanol–water partition coefficient (Wildman–Crippen LogP) is 3.27. The third kappa shape index (κ3) is 5.59. The highest BCUT2D eigenvalue weighted by molar-refractivity contribution is 7.98. The Morgan fingerprint density at radius 1 is 1.37 bits per heavy atom. The van der Waals surface area contributed by atoms with Gasteiger partial charge in [0.25, 0.3) is 0 Å². The van der Waals surface area contributed by atoms with Crippen LogP contribution in [-0.2, 0) is 13.1 Å². The van der Waals surface area contributed by atoms with Crippen LogP contribution in [0.5, 0.6) is 0 Å². The van der Waals surface area contributed by atoms with Crippen LogP contribution in [0.15, 0.2) is 10.5 Å². The van der Waals surface area contributed by atoms with Gasteiger partial charge in [0.05, 0.1) is 6.54 Å². The van der Waals surface area contributed by atoms with Crippen molar-refractivity contribution in [3.63, 3.8) is 0 Å². The lowest BCUT2D eigenvalue weighted by molar-refractivity contribution is 0.268. The summed E-state index contributed by atoms with van der Waals surface area (Å²) < 4.78 is 5.81. The molecule has 1 atom stereocenters. The molecule has 0 saturated heterocycles. The minimum absolute atomic E-state index is 0.484. The molecule has 1 N–H and O–H groups in total. The maximum Gasteiger partial charge on any atom is 0.118 e. The van der Waals surface area contributed by atoms with E-state index >= 15 is 0 Å². The van der Waals surface area contributed by atoms with Crippen molar-refractivity contribution in [1.29, 1.82) is 0 Å². The lowest BCUT2D eigenvalue weighted by Gasteiger charge is -2.23. The van der Waals surface area contributed by atoms with Crippen LogP contribution in [0.1, 0.15) is 37.9 Å². The molecule has 0 radical (unpaired) electrons. The van der Waals surface area contributed by atoms with Gasteiger partial charge in [-0.25, -0.2) is 0 Å². The Labute approximate surface area is 122 Å². The minimum atomic E-state index is 0.484. The molecule has 110 valence electrons. The van der Waals surface area contributed by atoms with Crippen LogP contribution in [0.2, 0.25) is 0 Å². The average Bonchev–Trinajstić information content (AvgIpc) is 2.68. The van der Waals surface area contributed by atoms with Gasteiger partial charge in [-0.3, -0.25) is 4.90 Å². The fourth-order valence-corrected chi connectivity index (χ4v) is 2.67. The van der Waals surface area contributed by atoms with Crippen LogP contribution in [0.25, 0.3) is 0 Å². The minimum Gasteiger partial charge on any atom is -0.465 e. The molecule has 0 aliphatic carbocycles. The van der Waals surface area contributed by atoms with Crippen molar-refractivity contribution in [2.24, 2.45) is 0 Å². The van der Waals surface area contributed by atoms with E-state index in [0.717, 1.165) is 30.4 Å². The number of thioether (sulfide) groups is 1. The van der Waals surface area contributed by atoms with Gasteiger partial charge in [0.2, 0.25) is 0 Å². The van der Waals surface area contributed by atoms with E-state index in [4.69, 9.17) is 4.42 Å². The second kappa shape index (κ2) is 7.98. The first-order valence-corrected chi connectivity index (χ1v) is 8.34. The van der Waals surface area contributed by atoms with E-state index in [-0.39, 0.29) is 0 Å². The first-order valence-electron chi connectivity index (χ1n) is 6.94. The molecular weight excluding hydrogens is 256 g/mol. The number of nitrogens with zero attached hydrogens (tertiary/aromatic N) is 1. The Hall–Kier alpha value is -0.450. The van der Waals surface area contributed by atoms with E-state index in [9.17, 15) is 0 Å². The molecule has 1 aromatic heterocycles. The van der Waals surface area contributed by atoms with Crippen LogP contribution >= 0.6 is 11.8 Å². The van der Waals surface area contributed by atoms with E-state index < -0.39 is 0 Å². The highest BCUT2D eigenvalue weighted by Crippen LogP contribution is 2.18. The summed E-state index contributed by atoms with van der Waals surface area (Å²) in [6.07, 6.45) is 2.16. The molecule has 19 heavy (non-hydrogen) atoms. The molecule has 0 amide bonds. The summed E-state index contributed by atoms with van der Waals surface area (Å²) in [7, 11) is 2.18. The van der Waals surface area contributed by atoms with Gasteiger partial charge < -0.3 is 9.73 Å². The Morgan fingerprint density at radius 3 is 2.63 bits per heavy atom. The smallest absolute Gasteiger partial charge is 0.118 e. The number of hydrogen-bond acceptors (Lipinski definition) is 4. The lowest BCUT2D eigenvalue weighted by Crippen LogP contribution is -2.30. The van der Waals surface area contributed by atoms with Crippen molar-refractivity contribution in [2.75, 3.05) is 19.1 Å². The van der Waals surface area contributed by atoms with Crippen molar-refractivity contribution in [3.05, 3.63) is 23.2 Å². The van der Waals surface area contributed by atoms with Crippen LogP contribution in [0.4, 0.5) is 0 Å². The first-order chi connectivity index (χ1) is 8.93. The van der Waals surface area contributed by atoms with Crippen molar-refractivity contribution in [3.8, 4) is 0 Å². The van der Waals surface area contributed by atoms with E-state index in [2.05, 4.69) is 57.3 Å². The van der Waals surface area contributed by atoms with Gasteiger partial charge in [0, 0.05) is 29.9 Å². The second-order valence-electron chi connectivity index (χ2n) is 5.55. The molecule has 3 nitrogen and oxygen atoms in total. The standard InChI is InChI=1S/C15H28N2OS/c1-11(2)16-8-15-7-14(13(4)18-15)9-17(5)12(3)10-19-6/h7,11-12,16H,8-10H2,1-6H3. The summed E-state index contributed by atoms with van der Waals surface area (Å²) >= 11 is 1.89. The normalized spacial score (nSPS) is 13.5. The molecule has 0 spiro atoms. The number of furan rings is 1.